The molecule has 0 atom stereocenters. The first-order valence-electron chi connectivity index (χ1n) is 3.78. The number of amides is 2. The first kappa shape index (κ1) is 15.8. The van der Waals surface area contributed by atoms with Crippen molar-refractivity contribution in [1.82, 2.24) is 4.42 Å². The summed E-state index contributed by atoms with van der Waals surface area (Å²) in [5.74, 6) is 0. The van der Waals surface area contributed by atoms with Crippen LogP contribution in [-0.4, -0.2) is 24.2 Å². The van der Waals surface area contributed by atoms with Gasteiger partial charge in [-0.05, 0) is 6.42 Å². The van der Waals surface area contributed by atoms with E-state index in [0.717, 1.165) is 17.3 Å². The number of hydrogen-bond acceptors (Lipinski definition) is 1. The Morgan fingerprint density at radius 2 is 1.79 bits per heavy atom. The Labute approximate surface area is 84.4 Å². The van der Waals surface area contributed by atoms with Crippen LogP contribution in [0.4, 0.5) is 22.1 Å². The molecular weight excluding hydrogens is 226 g/mol. The number of primary amides is 1. The van der Waals surface area contributed by atoms with Crippen molar-refractivity contribution in [2.45, 2.75) is 19.8 Å². The van der Waals surface area contributed by atoms with Crippen LogP contribution in [0.1, 0.15) is 19.8 Å². The molecule has 0 aliphatic carbocycles. The molecule has 0 spiro atoms. The molecule has 0 aromatic rings. The minimum Gasteiger partial charge on any atom is -0.418 e. The first-order chi connectivity index (χ1) is 6.18. The second-order valence-corrected chi connectivity index (χ2v) is 2.68. The number of urea groups is 1. The van der Waals surface area contributed by atoms with Crippen molar-refractivity contribution in [2.24, 2.45) is 5.73 Å². The number of unbranched alkanes of at least 4 members (excludes halogenated alkanes) is 1. The Bertz CT molecular complexity index is 162. The molecule has 2 N–H and O–H groups in total. The van der Waals surface area contributed by atoms with Gasteiger partial charge in [-0.3, -0.25) is 0 Å². The fourth-order valence-electron chi connectivity index (χ4n) is 0.407. The smallest absolute Gasteiger partial charge is 0.418 e. The average molecular weight is 237 g/mol. The minimum absolute atomic E-state index is 0.535. The highest BCUT2D eigenvalue weighted by molar-refractivity contribution is 6.50. The van der Waals surface area contributed by atoms with Crippen LogP contribution in [0.5, 0.6) is 0 Å². The van der Waals surface area contributed by atoms with E-state index in [9.17, 15) is 22.1 Å². The van der Waals surface area contributed by atoms with E-state index >= 15 is 0 Å². The Hall–Kier alpha value is -0.655. The van der Waals surface area contributed by atoms with E-state index in [0.29, 0.717) is 6.54 Å². The lowest BCUT2D eigenvalue weighted by Crippen LogP contribution is -2.28. The average Bonchev–Trinajstić information content (AvgIpc) is 1.96. The van der Waals surface area contributed by atoms with Gasteiger partial charge in [0.05, 0.1) is 0 Å². The quantitative estimate of drug-likeness (QED) is 0.458. The van der Waals surface area contributed by atoms with Crippen LogP contribution < -0.4 is 5.73 Å². The molecule has 0 fully saturated rings. The molecule has 86 valence electrons. The summed E-state index contributed by atoms with van der Waals surface area (Å²) in [5.41, 5.74) is 4.83. The molecule has 0 saturated carbocycles. The highest BCUT2D eigenvalue weighted by Crippen LogP contribution is 2.06. The predicted octanol–water partition coefficient (Wildman–Crippen LogP) is 2.62. The zero-order valence-corrected chi connectivity index (χ0v) is 8.28. The highest BCUT2D eigenvalue weighted by Gasteiger charge is 2.20. The van der Waals surface area contributed by atoms with Crippen molar-refractivity contribution >= 4 is 25.1 Å². The number of hydrogen-bond donors (Lipinski definition) is 1. The summed E-state index contributed by atoms with van der Waals surface area (Å²) >= 11 is 5.35. The largest absolute Gasteiger partial charge is 0.673 e. The molecule has 0 unspecified atom stereocenters. The zero-order chi connectivity index (χ0) is 11.8. The van der Waals surface area contributed by atoms with Gasteiger partial charge in [0.2, 0.25) is 0 Å². The first-order valence-corrected chi connectivity index (χ1v) is 4.12. The van der Waals surface area contributed by atoms with Gasteiger partial charge in [0.15, 0.2) is 0 Å². The molecule has 0 radical (unpaired) electrons. The molecule has 0 bridgehead atoms. The van der Waals surface area contributed by atoms with Crippen molar-refractivity contribution in [3.8, 4) is 0 Å². The van der Waals surface area contributed by atoms with E-state index in [1.54, 1.807) is 0 Å². The molecular formula is C5H11BClF4N2O-. The second-order valence-electron chi connectivity index (χ2n) is 2.27. The topological polar surface area (TPSA) is 46.3 Å². The van der Waals surface area contributed by atoms with Gasteiger partial charge >= 0.3 is 13.3 Å². The SMILES string of the molecule is CCCCN(Cl)C(N)=O.F[B-](F)(F)F. The molecule has 0 saturated heterocycles. The Morgan fingerprint density at radius 3 is 2.00 bits per heavy atom. The van der Waals surface area contributed by atoms with Gasteiger partial charge in [-0.15, -0.1) is 0 Å². The third kappa shape index (κ3) is 22.5. The predicted molar refractivity (Wildman–Crippen MR) is 47.2 cm³/mol. The molecule has 0 heterocycles. The van der Waals surface area contributed by atoms with Crippen LogP contribution >= 0.6 is 11.8 Å². The van der Waals surface area contributed by atoms with E-state index in [2.05, 4.69) is 0 Å². The lowest BCUT2D eigenvalue weighted by molar-refractivity contribution is 0.233. The fraction of sp³-hybridized carbons (Fsp3) is 0.800. The summed E-state index contributed by atoms with van der Waals surface area (Å²) in [6.45, 7) is 2.55. The maximum Gasteiger partial charge on any atom is 0.673 e. The van der Waals surface area contributed by atoms with Crippen LogP contribution in [-0.2, 0) is 0 Å². The number of carbonyl (C=O) groups excluding carboxylic acids is 1. The third-order valence-corrected chi connectivity index (χ3v) is 1.28. The van der Waals surface area contributed by atoms with Gasteiger partial charge in [0.1, 0.15) is 0 Å². The molecule has 0 aromatic heterocycles. The lowest BCUT2D eigenvalue weighted by atomic mass is 10.3. The number of rotatable bonds is 3. The minimum atomic E-state index is -6.00. The Kier molecular flexibility index (Phi) is 8.71. The maximum atomic E-state index is 10.2. The highest BCUT2D eigenvalue weighted by atomic mass is 35.5. The molecule has 0 rings (SSSR count). The third-order valence-electron chi connectivity index (χ3n) is 0.947. The fourth-order valence-corrected chi connectivity index (χ4v) is 0.527. The van der Waals surface area contributed by atoms with Crippen LogP contribution in [0, 0.1) is 0 Å². The van der Waals surface area contributed by atoms with Crippen LogP contribution in [0.15, 0.2) is 0 Å². The van der Waals surface area contributed by atoms with E-state index in [-0.39, 0.29) is 0 Å². The standard InChI is InChI=1S/C5H11ClN2O.BF4/c1-2-3-4-8(6)5(7)9;2-1(3,4)5/h2-4H2,1H3,(H2,7,9);/q;-1. The van der Waals surface area contributed by atoms with Gasteiger partial charge in [0.25, 0.3) is 0 Å². The number of halogens is 5. The van der Waals surface area contributed by atoms with Crippen molar-refractivity contribution in [3.05, 3.63) is 0 Å². The van der Waals surface area contributed by atoms with Crippen molar-refractivity contribution in [1.29, 1.82) is 0 Å². The van der Waals surface area contributed by atoms with Gasteiger partial charge in [0, 0.05) is 18.3 Å². The van der Waals surface area contributed by atoms with E-state index in [1.165, 1.54) is 0 Å². The molecule has 2 amide bonds. The number of nitrogens with two attached hydrogens (primary N) is 1. The molecule has 0 aliphatic rings. The van der Waals surface area contributed by atoms with Gasteiger partial charge in [-0.1, -0.05) is 13.3 Å². The molecule has 14 heavy (non-hydrogen) atoms. The normalized spacial score (nSPS) is 10.1. The van der Waals surface area contributed by atoms with E-state index in [1.807, 2.05) is 6.92 Å². The van der Waals surface area contributed by atoms with Crippen LogP contribution in [0.2, 0.25) is 0 Å². The molecule has 9 heteroatoms. The zero-order valence-electron chi connectivity index (χ0n) is 7.52. The summed E-state index contributed by atoms with van der Waals surface area (Å²) in [5, 5.41) is 0. The van der Waals surface area contributed by atoms with Crippen molar-refractivity contribution in [3.63, 3.8) is 0 Å². The summed E-state index contributed by atoms with van der Waals surface area (Å²) in [6, 6.07) is -0.579. The number of carbonyl (C=O) groups is 1. The summed E-state index contributed by atoms with van der Waals surface area (Å²) in [4.78, 5) is 10.2. The van der Waals surface area contributed by atoms with E-state index in [4.69, 9.17) is 17.5 Å². The summed E-state index contributed by atoms with van der Waals surface area (Å²) < 4.78 is 40.0. The van der Waals surface area contributed by atoms with Gasteiger partial charge in [-0.2, -0.15) is 0 Å². The van der Waals surface area contributed by atoms with Crippen LogP contribution in [0.25, 0.3) is 0 Å². The summed E-state index contributed by atoms with van der Waals surface area (Å²) in [6.07, 6.45) is 1.91. The van der Waals surface area contributed by atoms with Crippen LogP contribution in [0.3, 0.4) is 0 Å². The maximum absolute atomic E-state index is 10.2. The van der Waals surface area contributed by atoms with Gasteiger partial charge < -0.3 is 23.0 Å². The van der Waals surface area contributed by atoms with Gasteiger partial charge in [-0.25, -0.2) is 9.21 Å². The lowest BCUT2D eigenvalue weighted by Gasteiger charge is -2.08. The Morgan fingerprint density at radius 1 is 1.43 bits per heavy atom. The van der Waals surface area contributed by atoms with Crippen molar-refractivity contribution < 1.29 is 22.1 Å². The monoisotopic (exact) mass is 237 g/mol. The molecule has 3 nitrogen and oxygen atoms in total. The van der Waals surface area contributed by atoms with Crippen molar-refractivity contribution in [2.75, 3.05) is 6.54 Å². The second kappa shape index (κ2) is 7.72. The summed E-state index contributed by atoms with van der Waals surface area (Å²) in [7, 11) is -6.00. The number of nitrogens with zero attached hydrogens (tertiary/aromatic N) is 1. The molecule has 0 aliphatic heterocycles. The van der Waals surface area contributed by atoms with E-state index < -0.39 is 13.3 Å². The molecule has 0 aromatic carbocycles. The Balaban J connectivity index is 0.